The van der Waals surface area contributed by atoms with Crippen LogP contribution in [0.3, 0.4) is 0 Å². The smallest absolute Gasteiger partial charge is 0.292 e. The molecule has 0 aliphatic carbocycles. The minimum Gasteiger partial charge on any atom is -0.361 e. The molecule has 0 aliphatic rings. The predicted molar refractivity (Wildman–Crippen MR) is 140 cm³/mol. The van der Waals surface area contributed by atoms with Crippen LogP contribution >= 0.6 is 27.5 Å². The first-order valence-electron chi connectivity index (χ1n) is 10.9. The van der Waals surface area contributed by atoms with E-state index in [9.17, 15) is 9.59 Å². The van der Waals surface area contributed by atoms with Crippen LogP contribution in [0.4, 0.5) is 0 Å². The maximum atomic E-state index is 13.1. The normalized spacial score (nSPS) is 11.2. The van der Waals surface area contributed by atoms with Gasteiger partial charge in [0.25, 0.3) is 11.7 Å². The lowest BCUT2D eigenvalue weighted by Gasteiger charge is -2.06. The van der Waals surface area contributed by atoms with Gasteiger partial charge in [0, 0.05) is 56.8 Å². The number of hydrogen-bond donors (Lipinski definition) is 2. The lowest BCUT2D eigenvalue weighted by molar-refractivity contribution is -0.116. The molecule has 1 amide bonds. The number of fused-ring (bicyclic) bond motifs is 2. The molecule has 0 atom stereocenters. The number of halogens is 2. The molecule has 2 heterocycles. The van der Waals surface area contributed by atoms with E-state index in [-0.39, 0.29) is 0 Å². The Bertz CT molecular complexity index is 1520. The van der Waals surface area contributed by atoms with Crippen molar-refractivity contribution >= 4 is 61.0 Å². The standard InChI is InChI=1S/C27H21BrClN3O2/c28-19-7-10-25-22(13-19)23(16-32(25)15-17-5-8-20(29)9-6-17)26(33)27(34)30-12-11-18-14-31-24-4-2-1-3-21(18)24/h1-10,13-14,16,31H,11-12,15H2,(H,30,34). The Morgan fingerprint density at radius 3 is 2.62 bits per heavy atom. The number of aromatic amines is 1. The third kappa shape index (κ3) is 4.52. The zero-order chi connectivity index (χ0) is 23.7. The Morgan fingerprint density at radius 2 is 1.79 bits per heavy atom. The van der Waals surface area contributed by atoms with Gasteiger partial charge >= 0.3 is 0 Å². The van der Waals surface area contributed by atoms with Crippen LogP contribution in [-0.2, 0) is 17.8 Å². The maximum Gasteiger partial charge on any atom is 0.292 e. The van der Waals surface area contributed by atoms with Gasteiger partial charge in [-0.1, -0.05) is 57.9 Å². The van der Waals surface area contributed by atoms with E-state index in [1.54, 1.807) is 6.20 Å². The number of ketones is 1. The molecule has 0 saturated heterocycles. The van der Waals surface area contributed by atoms with Gasteiger partial charge in [-0.3, -0.25) is 9.59 Å². The van der Waals surface area contributed by atoms with Crippen LogP contribution in [0.25, 0.3) is 21.8 Å². The number of para-hydroxylation sites is 1. The second-order valence-corrected chi connectivity index (χ2v) is 9.51. The summed E-state index contributed by atoms with van der Waals surface area (Å²) in [5.74, 6) is -1.15. The van der Waals surface area contributed by atoms with Gasteiger partial charge in [0.1, 0.15) is 0 Å². The highest BCUT2D eigenvalue weighted by Gasteiger charge is 2.22. The van der Waals surface area contributed by atoms with Gasteiger partial charge in [0.05, 0.1) is 5.56 Å². The third-order valence-corrected chi connectivity index (χ3v) is 6.66. The molecule has 2 aromatic heterocycles. The van der Waals surface area contributed by atoms with E-state index >= 15 is 0 Å². The van der Waals surface area contributed by atoms with Crippen LogP contribution in [0.5, 0.6) is 0 Å². The second kappa shape index (κ2) is 9.49. The summed E-state index contributed by atoms with van der Waals surface area (Å²) in [4.78, 5) is 29.1. The van der Waals surface area contributed by atoms with Crippen molar-refractivity contribution in [2.75, 3.05) is 6.54 Å². The number of aromatic nitrogens is 2. The van der Waals surface area contributed by atoms with Crippen molar-refractivity contribution in [3.05, 3.63) is 105 Å². The number of carbonyl (C=O) groups excluding carboxylic acids is 2. The third-order valence-electron chi connectivity index (χ3n) is 5.91. The lowest BCUT2D eigenvalue weighted by atomic mass is 10.1. The van der Waals surface area contributed by atoms with Crippen LogP contribution in [0.1, 0.15) is 21.5 Å². The van der Waals surface area contributed by atoms with Crippen molar-refractivity contribution in [1.29, 1.82) is 0 Å². The number of nitrogens with zero attached hydrogens (tertiary/aromatic N) is 1. The average Bonchev–Trinajstić information content (AvgIpc) is 3.41. The summed E-state index contributed by atoms with van der Waals surface area (Å²) in [7, 11) is 0. The van der Waals surface area contributed by atoms with Crippen molar-refractivity contribution in [1.82, 2.24) is 14.9 Å². The van der Waals surface area contributed by atoms with E-state index in [2.05, 4.69) is 26.2 Å². The predicted octanol–water partition coefficient (Wildman–Crippen LogP) is 6.13. The number of amides is 1. The van der Waals surface area contributed by atoms with Crippen molar-refractivity contribution in [3.8, 4) is 0 Å². The molecule has 5 nitrogen and oxygen atoms in total. The molecule has 0 radical (unpaired) electrons. The van der Waals surface area contributed by atoms with Gasteiger partial charge in [0.2, 0.25) is 0 Å². The molecule has 0 unspecified atom stereocenters. The molecule has 2 N–H and O–H groups in total. The highest BCUT2D eigenvalue weighted by atomic mass is 79.9. The van der Waals surface area contributed by atoms with Crippen molar-refractivity contribution in [3.63, 3.8) is 0 Å². The van der Waals surface area contributed by atoms with Gasteiger partial charge in [-0.05, 0) is 53.9 Å². The number of carbonyl (C=O) groups is 2. The summed E-state index contributed by atoms with van der Waals surface area (Å²) >= 11 is 9.49. The van der Waals surface area contributed by atoms with Gasteiger partial charge in [-0.25, -0.2) is 0 Å². The maximum absolute atomic E-state index is 13.1. The number of hydrogen-bond acceptors (Lipinski definition) is 2. The van der Waals surface area contributed by atoms with Gasteiger partial charge in [-0.2, -0.15) is 0 Å². The molecule has 0 bridgehead atoms. The Kier molecular flexibility index (Phi) is 6.26. The Balaban J connectivity index is 1.34. The highest BCUT2D eigenvalue weighted by molar-refractivity contribution is 9.10. The average molecular weight is 535 g/mol. The van der Waals surface area contributed by atoms with Crippen LogP contribution in [-0.4, -0.2) is 27.8 Å². The van der Waals surface area contributed by atoms with Crippen molar-refractivity contribution in [2.45, 2.75) is 13.0 Å². The molecule has 5 rings (SSSR count). The van der Waals surface area contributed by atoms with E-state index in [1.807, 2.05) is 77.5 Å². The molecule has 7 heteroatoms. The van der Waals surface area contributed by atoms with E-state index in [4.69, 9.17) is 11.6 Å². The van der Waals surface area contributed by atoms with Gasteiger partial charge in [-0.15, -0.1) is 0 Å². The summed E-state index contributed by atoms with van der Waals surface area (Å²) in [6.45, 7) is 0.935. The molecule has 0 saturated carbocycles. The van der Waals surface area contributed by atoms with Crippen LogP contribution < -0.4 is 5.32 Å². The number of Topliss-reactive ketones (excluding diaryl/α,β-unsaturated/α-hetero) is 1. The Hall–Kier alpha value is -3.35. The molecule has 0 fully saturated rings. The summed E-state index contributed by atoms with van der Waals surface area (Å²) < 4.78 is 2.83. The van der Waals surface area contributed by atoms with Crippen LogP contribution in [0.15, 0.2) is 83.6 Å². The molecular formula is C27H21BrClN3O2. The first-order chi connectivity index (χ1) is 16.5. The highest BCUT2D eigenvalue weighted by Crippen LogP contribution is 2.27. The molecule has 3 aromatic carbocycles. The summed E-state index contributed by atoms with van der Waals surface area (Å²) in [6, 6.07) is 21.3. The molecule has 0 spiro atoms. The summed E-state index contributed by atoms with van der Waals surface area (Å²) in [6.07, 6.45) is 4.33. The van der Waals surface area contributed by atoms with E-state index < -0.39 is 11.7 Å². The minimum atomic E-state index is -0.606. The second-order valence-electron chi connectivity index (χ2n) is 8.15. The lowest BCUT2D eigenvalue weighted by Crippen LogP contribution is -2.32. The zero-order valence-electron chi connectivity index (χ0n) is 18.1. The van der Waals surface area contributed by atoms with E-state index in [1.165, 1.54) is 0 Å². The zero-order valence-corrected chi connectivity index (χ0v) is 20.5. The summed E-state index contributed by atoms with van der Waals surface area (Å²) in [5.41, 5.74) is 4.47. The topological polar surface area (TPSA) is 66.9 Å². The fraction of sp³-hybridized carbons (Fsp3) is 0.111. The fourth-order valence-electron chi connectivity index (χ4n) is 4.22. The fourth-order valence-corrected chi connectivity index (χ4v) is 4.71. The summed E-state index contributed by atoms with van der Waals surface area (Å²) in [5, 5.41) is 5.32. The van der Waals surface area contributed by atoms with Gasteiger partial charge < -0.3 is 14.9 Å². The van der Waals surface area contributed by atoms with E-state index in [0.717, 1.165) is 37.4 Å². The molecule has 34 heavy (non-hydrogen) atoms. The molecular weight excluding hydrogens is 514 g/mol. The number of benzene rings is 3. The van der Waals surface area contributed by atoms with Crippen molar-refractivity contribution < 1.29 is 9.59 Å². The van der Waals surface area contributed by atoms with E-state index in [0.29, 0.717) is 30.1 Å². The quantitative estimate of drug-likeness (QED) is 0.195. The Morgan fingerprint density at radius 1 is 1.00 bits per heavy atom. The van der Waals surface area contributed by atoms with Crippen molar-refractivity contribution in [2.24, 2.45) is 0 Å². The number of nitrogens with one attached hydrogen (secondary N) is 2. The molecule has 5 aromatic rings. The number of rotatable bonds is 7. The molecule has 0 aliphatic heterocycles. The first-order valence-corrected chi connectivity index (χ1v) is 12.1. The van der Waals surface area contributed by atoms with Gasteiger partial charge in [0.15, 0.2) is 0 Å². The minimum absolute atomic E-state index is 0.375. The largest absolute Gasteiger partial charge is 0.361 e. The SMILES string of the molecule is O=C(NCCc1c[nH]c2ccccc12)C(=O)c1cn(Cc2ccc(Cl)cc2)c2ccc(Br)cc12. The van der Waals surface area contributed by atoms with Crippen LogP contribution in [0.2, 0.25) is 5.02 Å². The van der Waals surface area contributed by atoms with Crippen LogP contribution in [0, 0.1) is 0 Å². The number of H-pyrrole nitrogens is 1. The molecule has 170 valence electrons. The monoisotopic (exact) mass is 533 g/mol. The Labute approximate surface area is 209 Å². The first kappa shape index (κ1) is 22.4.